The van der Waals surface area contributed by atoms with Crippen LogP contribution in [0.5, 0.6) is 0 Å². The van der Waals surface area contributed by atoms with Crippen molar-refractivity contribution in [3.63, 3.8) is 0 Å². The minimum atomic E-state index is 0. The quantitative estimate of drug-likeness (QED) is 0.598. The van der Waals surface area contributed by atoms with Gasteiger partial charge in [-0.05, 0) is 18.5 Å². The second-order valence-electron chi connectivity index (χ2n) is 4.88. The number of rotatable bonds is 7. The molecular formula is C16H23ClN2O2. The summed E-state index contributed by atoms with van der Waals surface area (Å²) in [5.74, 6) is 0.0532. The van der Waals surface area contributed by atoms with Gasteiger partial charge in [-0.25, -0.2) is 0 Å². The van der Waals surface area contributed by atoms with Gasteiger partial charge in [-0.1, -0.05) is 42.0 Å². The van der Waals surface area contributed by atoms with Crippen molar-refractivity contribution in [3.8, 4) is 0 Å². The second kappa shape index (κ2) is 10.4. The van der Waals surface area contributed by atoms with Crippen LogP contribution in [0.3, 0.4) is 0 Å². The lowest BCUT2D eigenvalue weighted by molar-refractivity contribution is -0.122. The Balaban J connectivity index is 0.00000220. The predicted molar refractivity (Wildman–Crippen MR) is 86.5 cm³/mol. The Morgan fingerprint density at radius 3 is 2.81 bits per heavy atom. The lowest BCUT2D eigenvalue weighted by atomic mass is 10.1. The smallest absolute Gasteiger partial charge is 0.222 e. The van der Waals surface area contributed by atoms with Gasteiger partial charge >= 0.3 is 0 Å². The molecule has 0 atom stereocenters. The summed E-state index contributed by atoms with van der Waals surface area (Å²) < 4.78 is 5.50. The first-order valence-electron chi connectivity index (χ1n) is 7.11. The minimum absolute atomic E-state index is 0. The summed E-state index contributed by atoms with van der Waals surface area (Å²) in [6.45, 7) is 3.60. The fourth-order valence-electron chi connectivity index (χ4n) is 2.06. The number of hydrogen-bond donors (Lipinski definition) is 2. The van der Waals surface area contributed by atoms with Gasteiger partial charge in [0.05, 0.1) is 13.2 Å². The van der Waals surface area contributed by atoms with Gasteiger partial charge in [0, 0.05) is 19.5 Å². The lowest BCUT2D eigenvalue weighted by Crippen LogP contribution is -2.30. The van der Waals surface area contributed by atoms with Gasteiger partial charge in [-0.2, -0.15) is 0 Å². The van der Waals surface area contributed by atoms with Crippen molar-refractivity contribution in [3.05, 3.63) is 47.5 Å². The van der Waals surface area contributed by atoms with E-state index in [0.29, 0.717) is 26.2 Å². The zero-order chi connectivity index (χ0) is 14.0. The number of hydrogen-bond acceptors (Lipinski definition) is 3. The molecule has 1 aliphatic rings. The van der Waals surface area contributed by atoms with Crippen molar-refractivity contribution in [1.29, 1.82) is 0 Å². The number of halogens is 1. The standard InChI is InChI=1S/C16H22N2O2.ClH/c19-16(18-12-14-6-9-17-10-7-14)8-11-20-13-15-4-2-1-3-5-15;/h1-6,17H,7-13H2,(H,18,19);1H. The average Bonchev–Trinajstić information content (AvgIpc) is 2.52. The SMILES string of the molecule is Cl.O=C(CCOCc1ccccc1)NCC1=CCNCC1. The number of amides is 1. The highest BCUT2D eigenvalue weighted by Crippen LogP contribution is 2.03. The van der Waals surface area contributed by atoms with Crippen molar-refractivity contribution in [2.75, 3.05) is 26.2 Å². The van der Waals surface area contributed by atoms with E-state index in [1.54, 1.807) is 0 Å². The van der Waals surface area contributed by atoms with E-state index in [9.17, 15) is 4.79 Å². The molecule has 0 bridgehead atoms. The number of nitrogens with one attached hydrogen (secondary N) is 2. The van der Waals surface area contributed by atoms with Gasteiger partial charge in [0.1, 0.15) is 0 Å². The highest BCUT2D eigenvalue weighted by molar-refractivity contribution is 5.85. The molecule has 1 aromatic rings. The molecule has 2 rings (SSSR count). The molecule has 4 nitrogen and oxygen atoms in total. The van der Waals surface area contributed by atoms with Crippen molar-refractivity contribution in [2.24, 2.45) is 0 Å². The molecule has 0 aliphatic carbocycles. The summed E-state index contributed by atoms with van der Waals surface area (Å²) in [5, 5.41) is 6.19. The zero-order valence-electron chi connectivity index (χ0n) is 12.1. The number of carbonyl (C=O) groups excluding carboxylic acids is 1. The monoisotopic (exact) mass is 310 g/mol. The Morgan fingerprint density at radius 2 is 2.10 bits per heavy atom. The van der Waals surface area contributed by atoms with E-state index in [0.717, 1.165) is 25.1 Å². The summed E-state index contributed by atoms with van der Waals surface area (Å²) in [6, 6.07) is 9.98. The van der Waals surface area contributed by atoms with Crippen LogP contribution in [0.4, 0.5) is 0 Å². The molecule has 0 aromatic heterocycles. The van der Waals surface area contributed by atoms with Crippen LogP contribution in [0.15, 0.2) is 42.0 Å². The van der Waals surface area contributed by atoms with E-state index in [2.05, 4.69) is 16.7 Å². The maximum Gasteiger partial charge on any atom is 0.222 e. The van der Waals surface area contributed by atoms with E-state index >= 15 is 0 Å². The second-order valence-corrected chi connectivity index (χ2v) is 4.88. The lowest BCUT2D eigenvalue weighted by Gasteiger charge is -2.14. The van der Waals surface area contributed by atoms with E-state index in [-0.39, 0.29) is 18.3 Å². The van der Waals surface area contributed by atoms with Crippen LogP contribution >= 0.6 is 12.4 Å². The fourth-order valence-corrected chi connectivity index (χ4v) is 2.06. The molecule has 1 aliphatic heterocycles. The van der Waals surface area contributed by atoms with Gasteiger partial charge in [-0.15, -0.1) is 12.4 Å². The van der Waals surface area contributed by atoms with Crippen LogP contribution in [-0.4, -0.2) is 32.1 Å². The van der Waals surface area contributed by atoms with Crippen LogP contribution in [-0.2, 0) is 16.1 Å². The van der Waals surface area contributed by atoms with E-state index in [1.807, 2.05) is 30.3 Å². The highest BCUT2D eigenvalue weighted by Gasteiger charge is 2.05. The first kappa shape index (κ1) is 17.7. The van der Waals surface area contributed by atoms with Crippen molar-refractivity contribution >= 4 is 18.3 Å². The van der Waals surface area contributed by atoms with Gasteiger partial charge in [-0.3, -0.25) is 4.79 Å². The summed E-state index contributed by atoms with van der Waals surface area (Å²) in [6.07, 6.45) is 3.58. The molecule has 1 amide bonds. The highest BCUT2D eigenvalue weighted by atomic mass is 35.5. The molecule has 0 radical (unpaired) electrons. The van der Waals surface area contributed by atoms with E-state index in [4.69, 9.17) is 4.74 Å². The molecule has 5 heteroatoms. The first-order valence-corrected chi connectivity index (χ1v) is 7.11. The molecule has 0 unspecified atom stereocenters. The predicted octanol–water partition coefficient (Wildman–Crippen LogP) is 2.05. The molecule has 2 N–H and O–H groups in total. The van der Waals surface area contributed by atoms with Crippen LogP contribution in [0.25, 0.3) is 0 Å². The summed E-state index contributed by atoms with van der Waals surface area (Å²) in [5.41, 5.74) is 2.44. The first-order chi connectivity index (χ1) is 9.84. The van der Waals surface area contributed by atoms with Crippen LogP contribution in [0.1, 0.15) is 18.4 Å². The van der Waals surface area contributed by atoms with Gasteiger partial charge in [0.25, 0.3) is 0 Å². The normalized spacial score (nSPS) is 14.0. The molecule has 21 heavy (non-hydrogen) atoms. The number of ether oxygens (including phenoxy) is 1. The zero-order valence-corrected chi connectivity index (χ0v) is 13.0. The Bertz CT molecular complexity index is 449. The third-order valence-electron chi connectivity index (χ3n) is 3.26. The van der Waals surface area contributed by atoms with Gasteiger partial charge in [0.15, 0.2) is 0 Å². The summed E-state index contributed by atoms with van der Waals surface area (Å²) in [7, 11) is 0. The topological polar surface area (TPSA) is 50.4 Å². The Hall–Kier alpha value is -1.36. The van der Waals surface area contributed by atoms with Crippen molar-refractivity contribution in [2.45, 2.75) is 19.4 Å². The molecule has 1 heterocycles. The van der Waals surface area contributed by atoms with E-state index in [1.165, 1.54) is 5.57 Å². The molecular weight excluding hydrogens is 288 g/mol. The van der Waals surface area contributed by atoms with Gasteiger partial charge < -0.3 is 15.4 Å². The summed E-state index contributed by atoms with van der Waals surface area (Å²) in [4.78, 5) is 11.7. The van der Waals surface area contributed by atoms with Crippen molar-refractivity contribution in [1.82, 2.24) is 10.6 Å². The third kappa shape index (κ3) is 7.27. The van der Waals surface area contributed by atoms with Gasteiger partial charge in [0.2, 0.25) is 5.91 Å². The number of carbonyl (C=O) groups is 1. The molecule has 116 valence electrons. The molecule has 1 aromatic carbocycles. The fraction of sp³-hybridized carbons (Fsp3) is 0.438. The van der Waals surface area contributed by atoms with Crippen LogP contribution < -0.4 is 10.6 Å². The molecule has 0 fully saturated rings. The Kier molecular flexibility index (Phi) is 8.74. The average molecular weight is 311 g/mol. The van der Waals surface area contributed by atoms with Crippen molar-refractivity contribution < 1.29 is 9.53 Å². The Labute approximate surface area is 132 Å². The largest absolute Gasteiger partial charge is 0.376 e. The van der Waals surface area contributed by atoms with Crippen LogP contribution in [0, 0.1) is 0 Å². The molecule has 0 spiro atoms. The van der Waals surface area contributed by atoms with E-state index < -0.39 is 0 Å². The number of benzene rings is 1. The third-order valence-corrected chi connectivity index (χ3v) is 3.26. The summed E-state index contributed by atoms with van der Waals surface area (Å²) >= 11 is 0. The minimum Gasteiger partial charge on any atom is -0.376 e. The van der Waals surface area contributed by atoms with Crippen LogP contribution in [0.2, 0.25) is 0 Å². The maximum absolute atomic E-state index is 11.7. The molecule has 0 saturated heterocycles. The Morgan fingerprint density at radius 1 is 1.29 bits per heavy atom. The maximum atomic E-state index is 11.7. The molecule has 0 saturated carbocycles.